The van der Waals surface area contributed by atoms with Gasteiger partial charge in [0.1, 0.15) is 4.83 Å². The average Bonchev–Trinajstić information content (AvgIpc) is 3.28. The summed E-state index contributed by atoms with van der Waals surface area (Å²) in [5, 5.41) is 7.31. The van der Waals surface area contributed by atoms with Crippen molar-refractivity contribution in [3.05, 3.63) is 51.1 Å². The molecule has 4 aromatic rings. The molecule has 1 aromatic carbocycles. The minimum absolute atomic E-state index is 0.0904. The molecule has 0 atom stereocenters. The van der Waals surface area contributed by atoms with E-state index >= 15 is 0 Å². The van der Waals surface area contributed by atoms with Crippen LogP contribution in [-0.4, -0.2) is 32.1 Å². The Morgan fingerprint density at radius 3 is 2.96 bits per heavy atom. The summed E-state index contributed by atoms with van der Waals surface area (Å²) in [6.45, 7) is 3.31. The predicted molar refractivity (Wildman–Crippen MR) is 105 cm³/mol. The van der Waals surface area contributed by atoms with Gasteiger partial charge in [0.05, 0.1) is 10.6 Å². The van der Waals surface area contributed by atoms with Gasteiger partial charge in [0.15, 0.2) is 0 Å². The summed E-state index contributed by atoms with van der Waals surface area (Å²) in [4.78, 5) is 20.3. The lowest BCUT2D eigenvalue weighted by Gasteiger charge is -2.26. The molecule has 0 fully saturated rings. The molecule has 3 aromatic heterocycles. The number of nitrogens with zero attached hydrogens (tertiary/aromatic N) is 3. The summed E-state index contributed by atoms with van der Waals surface area (Å²) in [6, 6.07) is 7.85. The van der Waals surface area contributed by atoms with Crippen LogP contribution in [0.2, 0.25) is 5.02 Å². The smallest absolute Gasteiger partial charge is 0.264 e. The number of carbonyl (C=O) groups excluding carboxylic acids is 1. The van der Waals surface area contributed by atoms with Gasteiger partial charge in [0.2, 0.25) is 0 Å². The van der Waals surface area contributed by atoms with Crippen LogP contribution >= 0.6 is 22.9 Å². The van der Waals surface area contributed by atoms with Crippen molar-refractivity contribution >= 4 is 50.0 Å². The van der Waals surface area contributed by atoms with Crippen molar-refractivity contribution in [3.63, 3.8) is 0 Å². The van der Waals surface area contributed by atoms with E-state index in [0.717, 1.165) is 49.7 Å². The lowest BCUT2D eigenvalue weighted by Crippen LogP contribution is -2.35. The third kappa shape index (κ3) is 2.29. The number of benzene rings is 1. The molecule has 5 rings (SSSR count). The monoisotopic (exact) mass is 384 g/mol. The molecule has 1 aliphatic rings. The summed E-state index contributed by atoms with van der Waals surface area (Å²) >= 11 is 7.69. The standard InChI is InChI=1S/C19H17ClN4OS/c1-10-12-8-17(26-19(12)23(2)22-10)18(25)24-6-5-16-14(9-24)13-7-11(20)3-4-15(13)21-16/h3-4,7-8,21H,5-6,9H2,1-2H3. The molecule has 1 amide bonds. The van der Waals surface area contributed by atoms with Crippen LogP contribution in [0.1, 0.15) is 26.6 Å². The van der Waals surface area contributed by atoms with Crippen molar-refractivity contribution in [1.82, 2.24) is 19.7 Å². The highest BCUT2D eigenvalue weighted by atomic mass is 35.5. The number of aromatic nitrogens is 3. The molecule has 0 unspecified atom stereocenters. The summed E-state index contributed by atoms with van der Waals surface area (Å²) < 4.78 is 1.85. The third-order valence-electron chi connectivity index (χ3n) is 5.13. The van der Waals surface area contributed by atoms with E-state index in [9.17, 15) is 4.79 Å². The van der Waals surface area contributed by atoms with E-state index < -0.39 is 0 Å². The molecule has 4 heterocycles. The maximum atomic E-state index is 13.1. The third-order valence-corrected chi connectivity index (χ3v) is 6.56. The molecule has 26 heavy (non-hydrogen) atoms. The molecule has 0 radical (unpaired) electrons. The summed E-state index contributed by atoms with van der Waals surface area (Å²) in [6.07, 6.45) is 0.832. The number of hydrogen-bond donors (Lipinski definition) is 1. The van der Waals surface area contributed by atoms with E-state index in [0.29, 0.717) is 6.54 Å². The molecule has 7 heteroatoms. The number of aromatic amines is 1. The summed E-state index contributed by atoms with van der Waals surface area (Å²) in [7, 11) is 1.92. The van der Waals surface area contributed by atoms with Gasteiger partial charge in [-0.1, -0.05) is 11.6 Å². The Hall–Kier alpha value is -2.31. The first-order valence-electron chi connectivity index (χ1n) is 8.52. The Morgan fingerprint density at radius 1 is 1.31 bits per heavy atom. The van der Waals surface area contributed by atoms with E-state index in [1.165, 1.54) is 22.6 Å². The number of carbonyl (C=O) groups is 1. The Morgan fingerprint density at radius 2 is 2.15 bits per heavy atom. The fraction of sp³-hybridized carbons (Fsp3) is 0.263. The number of H-pyrrole nitrogens is 1. The van der Waals surface area contributed by atoms with Gasteiger partial charge in [-0.2, -0.15) is 5.10 Å². The maximum absolute atomic E-state index is 13.1. The van der Waals surface area contributed by atoms with E-state index in [1.54, 1.807) is 0 Å². The van der Waals surface area contributed by atoms with Crippen LogP contribution in [0.3, 0.4) is 0 Å². The van der Waals surface area contributed by atoms with Gasteiger partial charge in [0, 0.05) is 59.1 Å². The second-order valence-corrected chi connectivity index (χ2v) is 8.25. The molecule has 132 valence electrons. The maximum Gasteiger partial charge on any atom is 0.264 e. The number of amides is 1. The molecule has 5 nitrogen and oxygen atoms in total. The second kappa shape index (κ2) is 5.59. The molecule has 0 bridgehead atoms. The normalized spacial score (nSPS) is 14.3. The van der Waals surface area contributed by atoms with Gasteiger partial charge in [-0.25, -0.2) is 0 Å². The lowest BCUT2D eigenvalue weighted by atomic mass is 10.0. The number of aryl methyl sites for hydroxylation is 2. The number of thiophene rings is 1. The number of fused-ring (bicyclic) bond motifs is 4. The first kappa shape index (κ1) is 15.9. The lowest BCUT2D eigenvalue weighted by molar-refractivity contribution is 0.0740. The fourth-order valence-electron chi connectivity index (χ4n) is 3.83. The highest BCUT2D eigenvalue weighted by Crippen LogP contribution is 2.32. The van der Waals surface area contributed by atoms with Crippen LogP contribution in [0.25, 0.3) is 21.1 Å². The molecular formula is C19H17ClN4OS. The van der Waals surface area contributed by atoms with Gasteiger partial charge < -0.3 is 9.88 Å². The molecule has 1 N–H and O–H groups in total. The first-order valence-corrected chi connectivity index (χ1v) is 9.72. The van der Waals surface area contributed by atoms with Crippen LogP contribution in [0.4, 0.5) is 0 Å². The van der Waals surface area contributed by atoms with Crippen LogP contribution in [0.5, 0.6) is 0 Å². The summed E-state index contributed by atoms with van der Waals surface area (Å²) in [5.74, 6) is 0.0904. The average molecular weight is 385 g/mol. The topological polar surface area (TPSA) is 53.9 Å². The minimum Gasteiger partial charge on any atom is -0.358 e. The zero-order valence-corrected chi connectivity index (χ0v) is 16.0. The Kier molecular flexibility index (Phi) is 3.42. The van der Waals surface area contributed by atoms with E-state index in [4.69, 9.17) is 11.6 Å². The molecule has 0 spiro atoms. The number of nitrogens with one attached hydrogen (secondary N) is 1. The molecule has 1 aliphatic heterocycles. The number of hydrogen-bond acceptors (Lipinski definition) is 3. The van der Waals surface area contributed by atoms with Gasteiger partial charge >= 0.3 is 0 Å². The van der Waals surface area contributed by atoms with Crippen LogP contribution in [-0.2, 0) is 20.0 Å². The molecular weight excluding hydrogens is 368 g/mol. The van der Waals surface area contributed by atoms with Gasteiger partial charge in [0.25, 0.3) is 5.91 Å². The van der Waals surface area contributed by atoms with Crippen molar-refractivity contribution in [2.45, 2.75) is 19.9 Å². The Labute approximate surface area is 159 Å². The predicted octanol–water partition coefficient (Wildman–Crippen LogP) is 4.28. The molecule has 0 saturated carbocycles. The molecule has 0 saturated heterocycles. The van der Waals surface area contributed by atoms with Crippen molar-refractivity contribution in [2.75, 3.05) is 6.54 Å². The van der Waals surface area contributed by atoms with Crippen molar-refractivity contribution in [2.24, 2.45) is 7.05 Å². The minimum atomic E-state index is 0.0904. The SMILES string of the molecule is Cc1nn(C)c2sc(C(=O)N3CCc4[nH]c5ccc(Cl)cc5c4C3)cc12. The number of rotatable bonds is 1. The largest absolute Gasteiger partial charge is 0.358 e. The summed E-state index contributed by atoms with van der Waals surface area (Å²) in [5.41, 5.74) is 4.44. The van der Waals surface area contributed by atoms with Crippen LogP contribution in [0, 0.1) is 6.92 Å². The number of halogens is 1. The van der Waals surface area contributed by atoms with E-state index in [2.05, 4.69) is 10.1 Å². The quantitative estimate of drug-likeness (QED) is 0.532. The Balaban J connectivity index is 1.51. The zero-order chi connectivity index (χ0) is 18.0. The van der Waals surface area contributed by atoms with Crippen LogP contribution in [0.15, 0.2) is 24.3 Å². The Bertz CT molecular complexity index is 1150. The van der Waals surface area contributed by atoms with Crippen LogP contribution < -0.4 is 0 Å². The van der Waals surface area contributed by atoms with Gasteiger partial charge in [-0.15, -0.1) is 11.3 Å². The van der Waals surface area contributed by atoms with Crippen molar-refractivity contribution < 1.29 is 4.79 Å². The molecule has 0 aliphatic carbocycles. The first-order chi connectivity index (χ1) is 12.5. The van der Waals surface area contributed by atoms with Crippen molar-refractivity contribution in [3.8, 4) is 0 Å². The zero-order valence-electron chi connectivity index (χ0n) is 14.5. The van der Waals surface area contributed by atoms with Gasteiger partial charge in [-0.05, 0) is 31.2 Å². The van der Waals surface area contributed by atoms with E-state index in [-0.39, 0.29) is 5.91 Å². The second-order valence-electron chi connectivity index (χ2n) is 6.79. The highest BCUT2D eigenvalue weighted by Gasteiger charge is 2.26. The fourth-order valence-corrected chi connectivity index (χ4v) is 5.09. The highest BCUT2D eigenvalue weighted by molar-refractivity contribution is 7.20. The van der Waals surface area contributed by atoms with E-state index in [1.807, 2.05) is 47.8 Å². The van der Waals surface area contributed by atoms with Gasteiger partial charge in [-0.3, -0.25) is 9.48 Å². The van der Waals surface area contributed by atoms with Crippen molar-refractivity contribution in [1.29, 1.82) is 0 Å².